The standard InChI is InChI=1S/C16H16Br2O2/c1-19-9-8-12-2-5-14(6-3-12)20-15-7-4-13(11-17)16(18)10-15/h2-7,10H,8-9,11H2,1H3. The Labute approximate surface area is 136 Å². The van der Waals surface area contributed by atoms with Crippen LogP contribution in [0.5, 0.6) is 11.5 Å². The molecule has 0 aliphatic heterocycles. The summed E-state index contributed by atoms with van der Waals surface area (Å²) in [6.45, 7) is 0.737. The molecule has 0 fully saturated rings. The molecule has 0 N–H and O–H groups in total. The molecule has 0 aliphatic carbocycles. The SMILES string of the molecule is COCCc1ccc(Oc2ccc(CBr)c(Br)c2)cc1. The number of halogens is 2. The zero-order valence-electron chi connectivity index (χ0n) is 11.2. The fourth-order valence-electron chi connectivity index (χ4n) is 1.78. The molecule has 0 aliphatic rings. The van der Waals surface area contributed by atoms with Crippen molar-refractivity contribution in [3.8, 4) is 11.5 Å². The van der Waals surface area contributed by atoms with Crippen LogP contribution < -0.4 is 4.74 Å². The molecule has 0 unspecified atom stereocenters. The molecule has 0 saturated heterocycles. The van der Waals surface area contributed by atoms with E-state index in [0.717, 1.165) is 34.3 Å². The van der Waals surface area contributed by atoms with Crippen LogP contribution in [0.1, 0.15) is 11.1 Å². The Kier molecular flexibility index (Phi) is 6.07. The van der Waals surface area contributed by atoms with Crippen molar-refractivity contribution in [2.45, 2.75) is 11.8 Å². The summed E-state index contributed by atoms with van der Waals surface area (Å²) in [5.74, 6) is 1.66. The number of alkyl halides is 1. The van der Waals surface area contributed by atoms with Crippen molar-refractivity contribution in [3.05, 3.63) is 58.1 Å². The fraction of sp³-hybridized carbons (Fsp3) is 0.250. The predicted octanol–water partition coefficient (Wildman–Crippen LogP) is 5.33. The molecule has 0 saturated carbocycles. The lowest BCUT2D eigenvalue weighted by Crippen LogP contribution is -1.94. The number of ether oxygens (including phenoxy) is 2. The van der Waals surface area contributed by atoms with Crippen LogP contribution in [0.3, 0.4) is 0 Å². The van der Waals surface area contributed by atoms with Gasteiger partial charge in [0.05, 0.1) is 6.61 Å². The molecule has 0 heterocycles. The van der Waals surface area contributed by atoms with Crippen molar-refractivity contribution < 1.29 is 9.47 Å². The maximum atomic E-state index is 5.84. The van der Waals surface area contributed by atoms with E-state index in [1.807, 2.05) is 30.3 Å². The number of hydrogen-bond acceptors (Lipinski definition) is 2. The van der Waals surface area contributed by atoms with Gasteiger partial charge in [-0.2, -0.15) is 0 Å². The number of hydrogen-bond donors (Lipinski definition) is 0. The summed E-state index contributed by atoms with van der Waals surface area (Å²) in [4.78, 5) is 0. The van der Waals surface area contributed by atoms with Crippen LogP contribution in [-0.4, -0.2) is 13.7 Å². The highest BCUT2D eigenvalue weighted by molar-refractivity contribution is 9.10. The quantitative estimate of drug-likeness (QED) is 0.611. The molecule has 0 radical (unpaired) electrons. The monoisotopic (exact) mass is 398 g/mol. The Morgan fingerprint density at radius 1 is 1.00 bits per heavy atom. The molecule has 4 heteroatoms. The average molecular weight is 400 g/mol. The van der Waals surface area contributed by atoms with Crippen LogP contribution in [-0.2, 0) is 16.5 Å². The first-order valence-corrected chi connectivity index (χ1v) is 8.24. The van der Waals surface area contributed by atoms with E-state index in [-0.39, 0.29) is 0 Å². The Balaban J connectivity index is 2.04. The molecule has 2 rings (SSSR count). The van der Waals surface area contributed by atoms with Crippen molar-refractivity contribution in [1.29, 1.82) is 0 Å². The van der Waals surface area contributed by atoms with E-state index in [0.29, 0.717) is 0 Å². The summed E-state index contributed by atoms with van der Waals surface area (Å²) in [6, 6.07) is 14.1. The zero-order valence-corrected chi connectivity index (χ0v) is 14.4. The van der Waals surface area contributed by atoms with Crippen LogP contribution >= 0.6 is 31.9 Å². The smallest absolute Gasteiger partial charge is 0.128 e. The normalized spacial score (nSPS) is 10.6. The molecule has 20 heavy (non-hydrogen) atoms. The van der Waals surface area contributed by atoms with Gasteiger partial charge >= 0.3 is 0 Å². The maximum absolute atomic E-state index is 5.84. The number of methoxy groups -OCH3 is 1. The van der Waals surface area contributed by atoms with Gasteiger partial charge < -0.3 is 9.47 Å². The lowest BCUT2D eigenvalue weighted by molar-refractivity contribution is 0.202. The molecule has 106 valence electrons. The van der Waals surface area contributed by atoms with Crippen LogP contribution in [0.2, 0.25) is 0 Å². The summed E-state index contributed by atoms with van der Waals surface area (Å²) in [5, 5.41) is 0.821. The van der Waals surface area contributed by atoms with E-state index in [2.05, 4.69) is 44.0 Å². The minimum absolute atomic E-state index is 0.737. The van der Waals surface area contributed by atoms with Crippen molar-refractivity contribution in [2.24, 2.45) is 0 Å². The molecule has 0 aromatic heterocycles. The Morgan fingerprint density at radius 3 is 2.30 bits per heavy atom. The van der Waals surface area contributed by atoms with Crippen molar-refractivity contribution in [3.63, 3.8) is 0 Å². The molecule has 0 amide bonds. The van der Waals surface area contributed by atoms with E-state index in [9.17, 15) is 0 Å². The highest BCUT2D eigenvalue weighted by Crippen LogP contribution is 2.28. The minimum Gasteiger partial charge on any atom is -0.457 e. The van der Waals surface area contributed by atoms with Gasteiger partial charge in [-0.25, -0.2) is 0 Å². The molecule has 2 aromatic rings. The second-order valence-electron chi connectivity index (χ2n) is 4.38. The van der Waals surface area contributed by atoms with E-state index in [4.69, 9.17) is 9.47 Å². The minimum atomic E-state index is 0.737. The van der Waals surface area contributed by atoms with Gasteiger partial charge in [0.2, 0.25) is 0 Å². The largest absolute Gasteiger partial charge is 0.457 e. The van der Waals surface area contributed by atoms with Crippen LogP contribution in [0.4, 0.5) is 0 Å². The first-order valence-electron chi connectivity index (χ1n) is 6.33. The van der Waals surface area contributed by atoms with Gasteiger partial charge in [0, 0.05) is 16.9 Å². The molecule has 0 bridgehead atoms. The van der Waals surface area contributed by atoms with Gasteiger partial charge in [0.1, 0.15) is 11.5 Å². The molecule has 2 nitrogen and oxygen atoms in total. The lowest BCUT2D eigenvalue weighted by Gasteiger charge is -2.08. The third kappa shape index (κ3) is 4.33. The zero-order chi connectivity index (χ0) is 14.4. The third-order valence-corrected chi connectivity index (χ3v) is 4.26. The van der Waals surface area contributed by atoms with Crippen LogP contribution in [0.25, 0.3) is 0 Å². The van der Waals surface area contributed by atoms with Crippen molar-refractivity contribution in [1.82, 2.24) is 0 Å². The Bertz CT molecular complexity index is 553. The lowest BCUT2D eigenvalue weighted by atomic mass is 10.1. The molecule has 0 atom stereocenters. The molecular weight excluding hydrogens is 384 g/mol. The van der Waals surface area contributed by atoms with Crippen LogP contribution in [0, 0.1) is 0 Å². The highest BCUT2D eigenvalue weighted by Gasteiger charge is 2.03. The van der Waals surface area contributed by atoms with E-state index < -0.39 is 0 Å². The second kappa shape index (κ2) is 7.81. The molecule has 2 aromatic carbocycles. The first-order chi connectivity index (χ1) is 9.72. The highest BCUT2D eigenvalue weighted by atomic mass is 79.9. The first kappa shape index (κ1) is 15.5. The summed E-state index contributed by atoms with van der Waals surface area (Å²) in [5.41, 5.74) is 2.45. The van der Waals surface area contributed by atoms with Crippen LogP contribution in [0.15, 0.2) is 46.9 Å². The van der Waals surface area contributed by atoms with E-state index in [1.54, 1.807) is 7.11 Å². The summed E-state index contributed by atoms with van der Waals surface area (Å²) >= 11 is 6.98. The van der Waals surface area contributed by atoms with Gasteiger partial charge in [-0.1, -0.05) is 50.1 Å². The Hall–Kier alpha value is -0.840. The summed E-state index contributed by atoms with van der Waals surface area (Å²) < 4.78 is 12.0. The van der Waals surface area contributed by atoms with Gasteiger partial charge in [-0.15, -0.1) is 0 Å². The fourth-order valence-corrected chi connectivity index (χ4v) is 3.14. The maximum Gasteiger partial charge on any atom is 0.128 e. The average Bonchev–Trinajstić information content (AvgIpc) is 2.47. The third-order valence-electron chi connectivity index (χ3n) is 2.92. The molecular formula is C16H16Br2O2. The summed E-state index contributed by atoms with van der Waals surface area (Å²) in [7, 11) is 1.71. The molecule has 0 spiro atoms. The second-order valence-corrected chi connectivity index (χ2v) is 5.79. The number of benzene rings is 2. The summed E-state index contributed by atoms with van der Waals surface area (Å²) in [6.07, 6.45) is 0.919. The topological polar surface area (TPSA) is 18.5 Å². The van der Waals surface area contributed by atoms with Gasteiger partial charge in [-0.3, -0.25) is 0 Å². The van der Waals surface area contributed by atoms with E-state index >= 15 is 0 Å². The van der Waals surface area contributed by atoms with Gasteiger partial charge in [-0.05, 0) is 41.8 Å². The van der Waals surface area contributed by atoms with Crippen molar-refractivity contribution in [2.75, 3.05) is 13.7 Å². The predicted molar refractivity (Wildman–Crippen MR) is 88.9 cm³/mol. The van der Waals surface area contributed by atoms with Gasteiger partial charge in [0.15, 0.2) is 0 Å². The van der Waals surface area contributed by atoms with E-state index in [1.165, 1.54) is 11.1 Å². The van der Waals surface area contributed by atoms with Crippen molar-refractivity contribution >= 4 is 31.9 Å². The Morgan fingerprint density at radius 2 is 1.70 bits per heavy atom. The number of rotatable bonds is 6. The van der Waals surface area contributed by atoms with Gasteiger partial charge in [0.25, 0.3) is 0 Å².